The van der Waals surface area contributed by atoms with Crippen molar-refractivity contribution in [2.45, 2.75) is 45.6 Å². The Hall–Kier alpha value is -3.21. The normalized spacial score (nSPS) is 14.3. The fourth-order valence-electron chi connectivity index (χ4n) is 3.20. The van der Waals surface area contributed by atoms with E-state index < -0.39 is 34.4 Å². The van der Waals surface area contributed by atoms with Gasteiger partial charge in [0, 0.05) is 12.0 Å². The second-order valence-corrected chi connectivity index (χ2v) is 7.57. The van der Waals surface area contributed by atoms with Crippen LogP contribution in [0.3, 0.4) is 0 Å². The molecule has 152 valence electrons. The van der Waals surface area contributed by atoms with Crippen molar-refractivity contribution in [3.63, 3.8) is 0 Å². The lowest BCUT2D eigenvalue weighted by molar-refractivity contribution is -0.385. The third-order valence-electron chi connectivity index (χ3n) is 4.89. The number of carbonyl (C=O) groups excluding carboxylic acids is 3. The zero-order valence-electron chi connectivity index (χ0n) is 16.0. The Labute approximate surface area is 170 Å². The third-order valence-corrected chi connectivity index (χ3v) is 5.89. The lowest BCUT2D eigenvalue weighted by Crippen LogP contribution is -2.45. The van der Waals surface area contributed by atoms with E-state index >= 15 is 0 Å². The molecule has 0 spiro atoms. The van der Waals surface area contributed by atoms with Crippen molar-refractivity contribution in [2.75, 3.05) is 5.32 Å². The van der Waals surface area contributed by atoms with Gasteiger partial charge in [-0.1, -0.05) is 31.3 Å². The van der Waals surface area contributed by atoms with E-state index in [-0.39, 0.29) is 22.2 Å². The summed E-state index contributed by atoms with van der Waals surface area (Å²) in [7, 11) is 0. The molecule has 0 unspecified atom stereocenters. The lowest BCUT2D eigenvalue weighted by Gasteiger charge is -2.20. The van der Waals surface area contributed by atoms with Crippen LogP contribution < -0.4 is 5.32 Å². The van der Waals surface area contributed by atoms with Crippen LogP contribution in [0.25, 0.3) is 0 Å². The minimum atomic E-state index is -1.18. The Morgan fingerprint density at radius 2 is 1.93 bits per heavy atom. The van der Waals surface area contributed by atoms with Gasteiger partial charge in [0.05, 0.1) is 10.5 Å². The Morgan fingerprint density at radius 3 is 2.55 bits per heavy atom. The van der Waals surface area contributed by atoms with Crippen LogP contribution in [0, 0.1) is 10.1 Å². The minimum absolute atomic E-state index is 0.0872. The molecular weight excluding hydrogens is 398 g/mol. The number of aromatic nitrogens is 2. The maximum absolute atomic E-state index is 12.7. The van der Waals surface area contributed by atoms with E-state index in [2.05, 4.69) is 15.5 Å². The number of nitro groups is 1. The van der Waals surface area contributed by atoms with Crippen LogP contribution in [0.4, 0.5) is 10.8 Å². The lowest BCUT2D eigenvalue weighted by atomic mass is 10.1. The van der Waals surface area contributed by atoms with Crippen LogP contribution in [-0.4, -0.2) is 43.8 Å². The molecule has 1 atom stereocenters. The van der Waals surface area contributed by atoms with Gasteiger partial charge in [0.25, 0.3) is 17.5 Å². The number of nitrogens with zero attached hydrogens (tertiary/aromatic N) is 4. The van der Waals surface area contributed by atoms with Gasteiger partial charge in [-0.05, 0) is 25.8 Å². The van der Waals surface area contributed by atoms with Crippen LogP contribution >= 0.6 is 11.3 Å². The van der Waals surface area contributed by atoms with Crippen LogP contribution in [0.2, 0.25) is 0 Å². The SMILES string of the molecule is CCC(CC)c1nnc(NC(=O)[C@H](C)N2C(=O)c3cccc([N+](=O)[O-])c3C2=O)s1. The van der Waals surface area contributed by atoms with Gasteiger partial charge in [0.1, 0.15) is 16.6 Å². The van der Waals surface area contributed by atoms with Crippen molar-refractivity contribution in [3.05, 3.63) is 44.4 Å². The highest BCUT2D eigenvalue weighted by Crippen LogP contribution is 2.32. The largest absolute Gasteiger partial charge is 0.299 e. The van der Waals surface area contributed by atoms with Gasteiger partial charge < -0.3 is 0 Å². The molecule has 1 aliphatic heterocycles. The molecule has 0 aliphatic carbocycles. The Balaban J connectivity index is 1.80. The molecule has 3 amide bonds. The van der Waals surface area contributed by atoms with E-state index in [1.54, 1.807) is 0 Å². The fraction of sp³-hybridized carbons (Fsp3) is 0.389. The summed E-state index contributed by atoms with van der Waals surface area (Å²) in [6.07, 6.45) is 1.78. The van der Waals surface area contributed by atoms with Crippen LogP contribution in [0.15, 0.2) is 18.2 Å². The summed E-state index contributed by atoms with van der Waals surface area (Å²) in [4.78, 5) is 49.2. The molecule has 10 nitrogen and oxygen atoms in total. The average Bonchev–Trinajstić information content (AvgIpc) is 3.25. The summed E-state index contributed by atoms with van der Waals surface area (Å²) in [5.41, 5.74) is -0.847. The van der Waals surface area contributed by atoms with Crippen molar-refractivity contribution in [2.24, 2.45) is 0 Å². The maximum Gasteiger partial charge on any atom is 0.282 e. The minimum Gasteiger partial charge on any atom is -0.299 e. The van der Waals surface area contributed by atoms with Crippen molar-refractivity contribution < 1.29 is 19.3 Å². The molecule has 29 heavy (non-hydrogen) atoms. The second-order valence-electron chi connectivity index (χ2n) is 6.56. The Kier molecular flexibility index (Phi) is 5.69. The maximum atomic E-state index is 12.7. The molecule has 2 aromatic rings. The quantitative estimate of drug-likeness (QED) is 0.415. The number of hydrogen-bond acceptors (Lipinski definition) is 8. The first kappa shape index (κ1) is 20.5. The molecule has 1 aromatic heterocycles. The van der Waals surface area contributed by atoms with Gasteiger partial charge in [-0.15, -0.1) is 10.2 Å². The number of nitrogens with one attached hydrogen (secondary N) is 1. The number of amides is 3. The molecule has 0 radical (unpaired) electrons. The van der Waals surface area contributed by atoms with E-state index in [0.29, 0.717) is 0 Å². The zero-order valence-corrected chi connectivity index (χ0v) is 16.9. The molecule has 1 aromatic carbocycles. The monoisotopic (exact) mass is 417 g/mol. The molecule has 0 saturated carbocycles. The molecule has 1 N–H and O–H groups in total. The summed E-state index contributed by atoms with van der Waals surface area (Å²) in [5, 5.41) is 22.9. The van der Waals surface area contributed by atoms with Crippen molar-refractivity contribution in [3.8, 4) is 0 Å². The molecule has 11 heteroatoms. The van der Waals surface area contributed by atoms with Gasteiger partial charge in [-0.2, -0.15) is 0 Å². The van der Waals surface area contributed by atoms with Gasteiger partial charge >= 0.3 is 0 Å². The standard InChI is InChI=1S/C18H19N5O5S/c1-4-10(5-2)15-20-21-18(29-15)19-14(24)9(3)22-16(25)11-7-6-8-12(23(27)28)13(11)17(22)26/h6-10H,4-5H2,1-3H3,(H,19,21,24)/t9-/m0/s1. The summed E-state index contributed by atoms with van der Waals surface area (Å²) >= 11 is 1.24. The van der Waals surface area contributed by atoms with E-state index in [0.717, 1.165) is 28.8 Å². The van der Waals surface area contributed by atoms with Gasteiger partial charge in [-0.25, -0.2) is 0 Å². The first-order valence-electron chi connectivity index (χ1n) is 9.09. The average molecular weight is 417 g/mol. The van der Waals surface area contributed by atoms with E-state index in [1.807, 2.05) is 13.8 Å². The van der Waals surface area contributed by atoms with E-state index in [9.17, 15) is 24.5 Å². The summed E-state index contributed by atoms with van der Waals surface area (Å²) in [6, 6.07) is 2.64. The predicted molar refractivity (Wildman–Crippen MR) is 105 cm³/mol. The number of rotatable bonds is 7. The van der Waals surface area contributed by atoms with Crippen LogP contribution in [0.1, 0.15) is 65.3 Å². The summed E-state index contributed by atoms with van der Waals surface area (Å²) in [6.45, 7) is 5.46. The molecule has 0 bridgehead atoms. The zero-order chi connectivity index (χ0) is 21.3. The number of nitro benzene ring substituents is 1. The van der Waals surface area contributed by atoms with Gasteiger partial charge in [0.15, 0.2) is 0 Å². The smallest absolute Gasteiger partial charge is 0.282 e. The second kappa shape index (κ2) is 8.03. The fourth-order valence-corrected chi connectivity index (χ4v) is 4.22. The molecule has 2 heterocycles. The highest BCUT2D eigenvalue weighted by atomic mass is 32.1. The summed E-state index contributed by atoms with van der Waals surface area (Å²) in [5.74, 6) is -2.00. The number of anilines is 1. The van der Waals surface area contributed by atoms with E-state index in [1.165, 1.54) is 30.4 Å². The first-order valence-corrected chi connectivity index (χ1v) is 9.91. The highest BCUT2D eigenvalue weighted by molar-refractivity contribution is 7.15. The predicted octanol–water partition coefficient (Wildman–Crippen LogP) is 2.97. The van der Waals surface area contributed by atoms with Crippen molar-refractivity contribution >= 4 is 39.9 Å². The van der Waals surface area contributed by atoms with Crippen molar-refractivity contribution in [1.29, 1.82) is 0 Å². The molecule has 0 fully saturated rings. The number of imide groups is 1. The number of fused-ring (bicyclic) bond motifs is 1. The van der Waals surface area contributed by atoms with Gasteiger partial charge in [-0.3, -0.25) is 34.7 Å². The Morgan fingerprint density at radius 1 is 1.24 bits per heavy atom. The number of carbonyl (C=O) groups is 3. The molecular formula is C18H19N5O5S. The summed E-state index contributed by atoms with van der Waals surface area (Å²) < 4.78 is 0. The number of benzene rings is 1. The van der Waals surface area contributed by atoms with Crippen molar-refractivity contribution in [1.82, 2.24) is 15.1 Å². The van der Waals surface area contributed by atoms with E-state index in [4.69, 9.17) is 0 Å². The first-order chi connectivity index (χ1) is 13.8. The van der Waals surface area contributed by atoms with Crippen LogP contribution in [-0.2, 0) is 4.79 Å². The van der Waals surface area contributed by atoms with Crippen LogP contribution in [0.5, 0.6) is 0 Å². The molecule has 3 rings (SSSR count). The third kappa shape index (κ3) is 3.60. The number of hydrogen-bond donors (Lipinski definition) is 1. The Bertz CT molecular complexity index is 1000. The topological polar surface area (TPSA) is 135 Å². The molecule has 0 saturated heterocycles. The highest BCUT2D eigenvalue weighted by Gasteiger charge is 2.45. The molecule has 1 aliphatic rings. The van der Waals surface area contributed by atoms with Gasteiger partial charge in [0.2, 0.25) is 11.0 Å².